The minimum atomic E-state index is -0.768. The highest BCUT2D eigenvalue weighted by molar-refractivity contribution is 8.02. The molecule has 2 aromatic carbocycles. The second kappa shape index (κ2) is 12.7. The molecule has 9 heteroatoms. The molecule has 3 aliphatic heterocycles. The number of carbonyl (C=O) groups is 3. The molecular formula is C33H44N4O4S. The van der Waals surface area contributed by atoms with Gasteiger partial charge in [-0.1, -0.05) is 44.2 Å². The third-order valence-electron chi connectivity index (χ3n) is 9.21. The summed E-state index contributed by atoms with van der Waals surface area (Å²) < 4.78 is -0.702. The fourth-order valence-electron chi connectivity index (χ4n) is 7.36. The van der Waals surface area contributed by atoms with Gasteiger partial charge in [-0.25, -0.2) is 0 Å². The van der Waals surface area contributed by atoms with Crippen molar-refractivity contribution in [3.05, 3.63) is 60.2 Å². The van der Waals surface area contributed by atoms with E-state index in [1.165, 1.54) is 0 Å². The van der Waals surface area contributed by atoms with Crippen molar-refractivity contribution in [2.45, 2.75) is 75.6 Å². The maximum absolute atomic E-state index is 14.3. The summed E-state index contributed by atoms with van der Waals surface area (Å²) in [6.45, 7) is 10.3. The van der Waals surface area contributed by atoms with Crippen molar-refractivity contribution in [3.63, 3.8) is 0 Å². The number of likely N-dealkylation sites (tertiary alicyclic amines) is 1. The monoisotopic (exact) mass is 592 g/mol. The van der Waals surface area contributed by atoms with Crippen LogP contribution in [0.15, 0.2) is 54.6 Å². The van der Waals surface area contributed by atoms with Crippen molar-refractivity contribution >= 4 is 40.9 Å². The number of rotatable bonds is 12. The van der Waals surface area contributed by atoms with Crippen LogP contribution in [0.3, 0.4) is 0 Å². The van der Waals surface area contributed by atoms with E-state index in [2.05, 4.69) is 43.2 Å². The summed E-state index contributed by atoms with van der Waals surface area (Å²) in [5, 5.41) is 16.6. The molecule has 0 aromatic heterocycles. The number of fused-ring (bicyclic) bond motifs is 1. The van der Waals surface area contributed by atoms with Crippen LogP contribution in [0.4, 0.5) is 11.4 Å². The van der Waals surface area contributed by atoms with Gasteiger partial charge in [0.05, 0.1) is 29.2 Å². The van der Waals surface area contributed by atoms with Crippen LogP contribution in [-0.4, -0.2) is 69.5 Å². The molecule has 5 rings (SSSR count). The van der Waals surface area contributed by atoms with Crippen molar-refractivity contribution in [1.82, 2.24) is 10.2 Å². The minimum Gasteiger partial charge on any atom is -0.394 e. The summed E-state index contributed by atoms with van der Waals surface area (Å²) in [7, 11) is 0. The standard InChI is InChI=1S/C33H44N4O4S/c1-5-36(6-2)24-14-12-23(13-15-24)35-31(40)29-33-17-16-26(42-33)27(30(39)34-19-22-10-8-7-9-11-22)28(33)32(41)37(29)25(20-38)18-21(3)4/h7-15,21,25-29,38H,5-6,16-20H2,1-4H3,(H,34,39)(H,35,40)/t25-,26-,27+,28+,29?,33?/m1/s1. The SMILES string of the molecule is CCN(CC)c1ccc(NC(=O)C2N([C@@H](CO)CC(C)C)C(=O)[C@@H]3[C@@H](C(=O)NCc4ccccc4)[C@H]4CCC23S4)cc1. The first-order chi connectivity index (χ1) is 20.2. The Bertz CT molecular complexity index is 1270. The highest BCUT2D eigenvalue weighted by atomic mass is 32.2. The maximum atomic E-state index is 14.3. The molecule has 3 heterocycles. The molecule has 1 spiro atoms. The number of anilines is 2. The molecule has 3 N–H and O–H groups in total. The number of thioether (sulfide) groups is 1. The topological polar surface area (TPSA) is 102 Å². The van der Waals surface area contributed by atoms with E-state index in [1.54, 1.807) is 16.7 Å². The van der Waals surface area contributed by atoms with Gasteiger partial charge in [0, 0.05) is 36.3 Å². The molecule has 2 bridgehead atoms. The highest BCUT2D eigenvalue weighted by Gasteiger charge is 2.74. The number of nitrogens with one attached hydrogen (secondary N) is 2. The molecule has 0 radical (unpaired) electrons. The van der Waals surface area contributed by atoms with E-state index in [1.807, 2.05) is 54.6 Å². The molecule has 3 aliphatic rings. The Balaban J connectivity index is 1.43. The maximum Gasteiger partial charge on any atom is 0.248 e. The van der Waals surface area contributed by atoms with Crippen LogP contribution in [0, 0.1) is 17.8 Å². The van der Waals surface area contributed by atoms with Crippen molar-refractivity contribution < 1.29 is 19.5 Å². The van der Waals surface area contributed by atoms with Gasteiger partial charge < -0.3 is 25.5 Å². The lowest BCUT2D eigenvalue weighted by Gasteiger charge is -2.37. The van der Waals surface area contributed by atoms with Crippen LogP contribution in [0.2, 0.25) is 0 Å². The number of amides is 3. The van der Waals surface area contributed by atoms with Gasteiger partial charge >= 0.3 is 0 Å². The third-order valence-corrected chi connectivity index (χ3v) is 11.2. The van der Waals surface area contributed by atoms with Crippen LogP contribution < -0.4 is 15.5 Å². The summed E-state index contributed by atoms with van der Waals surface area (Å²) in [6.07, 6.45) is 2.05. The first-order valence-corrected chi connectivity index (χ1v) is 16.2. The third kappa shape index (κ3) is 5.53. The molecule has 3 amide bonds. The first-order valence-electron chi connectivity index (χ1n) is 15.3. The van der Waals surface area contributed by atoms with E-state index >= 15 is 0 Å². The Morgan fingerprint density at radius 3 is 2.38 bits per heavy atom. The molecular weight excluding hydrogens is 548 g/mol. The zero-order valence-corrected chi connectivity index (χ0v) is 25.9. The summed E-state index contributed by atoms with van der Waals surface area (Å²) in [5.41, 5.74) is 2.75. The second-order valence-electron chi connectivity index (χ2n) is 12.2. The van der Waals surface area contributed by atoms with Gasteiger partial charge in [0.1, 0.15) is 6.04 Å². The van der Waals surface area contributed by atoms with E-state index in [9.17, 15) is 19.5 Å². The molecule has 3 fully saturated rings. The molecule has 42 heavy (non-hydrogen) atoms. The number of nitrogens with zero attached hydrogens (tertiary/aromatic N) is 2. The second-order valence-corrected chi connectivity index (χ2v) is 13.8. The van der Waals surface area contributed by atoms with Crippen LogP contribution in [-0.2, 0) is 20.9 Å². The Kier molecular flexibility index (Phi) is 9.18. The minimum absolute atomic E-state index is 0.0156. The fraction of sp³-hybridized carbons (Fsp3) is 0.545. The number of aliphatic hydroxyl groups excluding tert-OH is 1. The average molecular weight is 593 g/mol. The fourth-order valence-corrected chi connectivity index (χ4v) is 9.57. The van der Waals surface area contributed by atoms with Crippen LogP contribution in [0.1, 0.15) is 52.5 Å². The Morgan fingerprint density at radius 2 is 1.76 bits per heavy atom. The number of hydrogen-bond acceptors (Lipinski definition) is 6. The molecule has 3 saturated heterocycles. The predicted molar refractivity (Wildman–Crippen MR) is 168 cm³/mol. The average Bonchev–Trinajstić information content (AvgIpc) is 3.64. The van der Waals surface area contributed by atoms with E-state index < -0.39 is 28.7 Å². The van der Waals surface area contributed by atoms with Crippen molar-refractivity contribution in [2.24, 2.45) is 17.8 Å². The smallest absolute Gasteiger partial charge is 0.248 e. The van der Waals surface area contributed by atoms with E-state index in [-0.39, 0.29) is 35.5 Å². The molecule has 8 nitrogen and oxygen atoms in total. The summed E-state index contributed by atoms with van der Waals surface area (Å²) >= 11 is 1.65. The lowest BCUT2D eigenvalue weighted by Crippen LogP contribution is -2.55. The number of hydrogen-bond donors (Lipinski definition) is 3. The Labute approximate surface area is 253 Å². The lowest BCUT2D eigenvalue weighted by atomic mass is 9.70. The van der Waals surface area contributed by atoms with Gasteiger partial charge in [-0.05, 0) is 68.9 Å². The zero-order chi connectivity index (χ0) is 30.0. The van der Waals surface area contributed by atoms with Crippen molar-refractivity contribution in [3.8, 4) is 0 Å². The van der Waals surface area contributed by atoms with Gasteiger partial charge in [0.2, 0.25) is 17.7 Å². The van der Waals surface area contributed by atoms with Gasteiger partial charge in [-0.3, -0.25) is 14.4 Å². The van der Waals surface area contributed by atoms with Crippen LogP contribution in [0.25, 0.3) is 0 Å². The van der Waals surface area contributed by atoms with Crippen LogP contribution >= 0.6 is 11.8 Å². The Hall–Kier alpha value is -3.04. The molecule has 0 saturated carbocycles. The Morgan fingerprint density at radius 1 is 1.07 bits per heavy atom. The van der Waals surface area contributed by atoms with E-state index in [0.29, 0.717) is 25.1 Å². The largest absolute Gasteiger partial charge is 0.394 e. The van der Waals surface area contributed by atoms with Gasteiger partial charge in [0.25, 0.3) is 0 Å². The van der Waals surface area contributed by atoms with Gasteiger partial charge in [-0.15, -0.1) is 11.8 Å². The summed E-state index contributed by atoms with van der Waals surface area (Å²) in [6, 6.07) is 16.3. The van der Waals surface area contributed by atoms with Gasteiger partial charge in [0.15, 0.2) is 0 Å². The number of carbonyl (C=O) groups excluding carboxylic acids is 3. The van der Waals surface area contributed by atoms with Crippen molar-refractivity contribution in [2.75, 3.05) is 29.9 Å². The normalized spacial score (nSPS) is 26.8. The van der Waals surface area contributed by atoms with Crippen molar-refractivity contribution in [1.29, 1.82) is 0 Å². The molecule has 2 unspecified atom stereocenters. The van der Waals surface area contributed by atoms with Crippen LogP contribution in [0.5, 0.6) is 0 Å². The molecule has 6 atom stereocenters. The summed E-state index contributed by atoms with van der Waals surface area (Å²) in [5.74, 6) is -1.44. The summed E-state index contributed by atoms with van der Waals surface area (Å²) in [4.78, 5) is 46.1. The number of benzene rings is 2. The molecule has 0 aliphatic carbocycles. The quantitative estimate of drug-likeness (QED) is 0.340. The van der Waals surface area contributed by atoms with E-state index in [0.717, 1.165) is 30.8 Å². The van der Waals surface area contributed by atoms with Gasteiger partial charge in [-0.2, -0.15) is 0 Å². The molecule has 2 aromatic rings. The molecule has 226 valence electrons. The highest BCUT2D eigenvalue weighted by Crippen LogP contribution is 2.66. The predicted octanol–water partition coefficient (Wildman–Crippen LogP) is 4.29. The zero-order valence-electron chi connectivity index (χ0n) is 25.1. The lowest BCUT2D eigenvalue weighted by molar-refractivity contribution is -0.142. The van der Waals surface area contributed by atoms with E-state index in [4.69, 9.17) is 0 Å². The number of aliphatic hydroxyl groups is 1. The first kappa shape index (κ1) is 30.4.